The Morgan fingerprint density at radius 2 is 2.03 bits per heavy atom. The highest BCUT2D eigenvalue weighted by Crippen LogP contribution is 2.34. The molecule has 0 radical (unpaired) electrons. The summed E-state index contributed by atoms with van der Waals surface area (Å²) in [5.41, 5.74) is 0.489. The number of thiophene rings is 1. The number of nitrogens with one attached hydrogen (secondary N) is 1. The molecule has 0 spiro atoms. The van der Waals surface area contributed by atoms with Gasteiger partial charge in [-0.25, -0.2) is 9.37 Å². The molecule has 0 fully saturated rings. The number of nitrogens with zero attached hydrogens (tertiary/aromatic N) is 4. The number of amides is 1. The fourth-order valence-electron chi connectivity index (χ4n) is 3.33. The number of carbonyl (C=O) groups is 1. The van der Waals surface area contributed by atoms with E-state index >= 15 is 0 Å². The van der Waals surface area contributed by atoms with E-state index in [1.165, 1.54) is 47.9 Å². The van der Waals surface area contributed by atoms with Gasteiger partial charge in [0, 0.05) is 22.0 Å². The molecule has 4 rings (SSSR count). The molecular weight excluding hydrogens is 460 g/mol. The Balaban J connectivity index is 1.56. The number of pyridine rings is 1. The van der Waals surface area contributed by atoms with E-state index in [-0.39, 0.29) is 17.8 Å². The van der Waals surface area contributed by atoms with Gasteiger partial charge in [0.25, 0.3) is 11.5 Å². The first-order valence-corrected chi connectivity index (χ1v) is 11.0. The van der Waals surface area contributed by atoms with Gasteiger partial charge >= 0.3 is 0 Å². The van der Waals surface area contributed by atoms with Crippen molar-refractivity contribution >= 4 is 17.2 Å². The van der Waals surface area contributed by atoms with Crippen molar-refractivity contribution < 1.29 is 13.6 Å². The smallest absolute Gasteiger partial charge is 0.272 e. The standard InChI is InChI=1S/C24H17F2N5O2S/c1-14(20-7-8-21(34-20)17-13-16(25)5-4-15(17)10-11-27)29-24(33)18-6-9-22(32)31(30-18)19-3-2-12-28-23(19)26/h2-9,12-14H,10H2,1H3,(H,29,33)/t14-/m1/s1. The lowest BCUT2D eigenvalue weighted by molar-refractivity contribution is 0.0933. The van der Waals surface area contributed by atoms with Gasteiger partial charge in [0.05, 0.1) is 18.5 Å². The summed E-state index contributed by atoms with van der Waals surface area (Å²) in [4.78, 5) is 30.0. The highest BCUT2D eigenvalue weighted by Gasteiger charge is 2.18. The summed E-state index contributed by atoms with van der Waals surface area (Å²) in [7, 11) is 0. The summed E-state index contributed by atoms with van der Waals surface area (Å²) in [6, 6.07) is 14.7. The lowest BCUT2D eigenvalue weighted by Crippen LogP contribution is -2.30. The SMILES string of the molecule is C[C@@H](NC(=O)c1ccc(=O)n(-c2cccnc2F)n1)c1ccc(-c2cc(F)ccc2CC#N)s1. The second-order valence-corrected chi connectivity index (χ2v) is 8.43. The summed E-state index contributed by atoms with van der Waals surface area (Å²) in [5, 5.41) is 15.8. The molecule has 10 heteroatoms. The average Bonchev–Trinajstić information content (AvgIpc) is 3.31. The van der Waals surface area contributed by atoms with E-state index < -0.39 is 29.3 Å². The third kappa shape index (κ3) is 4.74. The van der Waals surface area contributed by atoms with Gasteiger partial charge < -0.3 is 5.32 Å². The normalized spacial score (nSPS) is 11.6. The molecule has 0 bridgehead atoms. The van der Waals surface area contributed by atoms with Crippen molar-refractivity contribution in [2.75, 3.05) is 0 Å². The van der Waals surface area contributed by atoms with Gasteiger partial charge in [0.2, 0.25) is 5.95 Å². The molecule has 1 N–H and O–H groups in total. The third-order valence-electron chi connectivity index (χ3n) is 5.01. The number of hydrogen-bond donors (Lipinski definition) is 1. The van der Waals surface area contributed by atoms with Crippen molar-refractivity contribution in [3.8, 4) is 22.2 Å². The first kappa shape index (κ1) is 22.9. The summed E-state index contributed by atoms with van der Waals surface area (Å²) < 4.78 is 28.6. The molecular formula is C24H17F2N5O2S. The van der Waals surface area contributed by atoms with Gasteiger partial charge in [-0.2, -0.15) is 19.4 Å². The zero-order chi connectivity index (χ0) is 24.2. The molecule has 7 nitrogen and oxygen atoms in total. The Morgan fingerprint density at radius 1 is 1.21 bits per heavy atom. The number of hydrogen-bond acceptors (Lipinski definition) is 6. The summed E-state index contributed by atoms with van der Waals surface area (Å²) >= 11 is 1.36. The largest absolute Gasteiger partial charge is 0.343 e. The minimum atomic E-state index is -0.887. The van der Waals surface area contributed by atoms with Gasteiger partial charge in [-0.15, -0.1) is 11.3 Å². The lowest BCUT2D eigenvalue weighted by atomic mass is 10.0. The fourth-order valence-corrected chi connectivity index (χ4v) is 4.39. The summed E-state index contributed by atoms with van der Waals surface area (Å²) in [6.45, 7) is 1.77. The molecule has 1 aromatic carbocycles. The minimum Gasteiger partial charge on any atom is -0.343 e. The Hall–Kier alpha value is -4.23. The molecule has 1 atom stereocenters. The van der Waals surface area contributed by atoms with E-state index in [1.807, 2.05) is 12.1 Å². The molecule has 3 heterocycles. The number of aromatic nitrogens is 3. The maximum Gasteiger partial charge on any atom is 0.272 e. The van der Waals surface area contributed by atoms with Crippen LogP contribution in [0.5, 0.6) is 0 Å². The van der Waals surface area contributed by atoms with Crippen LogP contribution in [0, 0.1) is 23.1 Å². The van der Waals surface area contributed by atoms with Crippen LogP contribution < -0.4 is 10.9 Å². The van der Waals surface area contributed by atoms with Crippen LogP contribution in [0.25, 0.3) is 16.1 Å². The van der Waals surface area contributed by atoms with E-state index in [2.05, 4.69) is 21.5 Å². The van der Waals surface area contributed by atoms with Gasteiger partial charge in [-0.05, 0) is 60.5 Å². The molecule has 0 unspecified atom stereocenters. The average molecular weight is 477 g/mol. The van der Waals surface area contributed by atoms with E-state index in [0.29, 0.717) is 11.1 Å². The van der Waals surface area contributed by atoms with E-state index in [4.69, 9.17) is 5.26 Å². The zero-order valence-electron chi connectivity index (χ0n) is 17.8. The number of carbonyl (C=O) groups excluding carboxylic acids is 1. The topological polar surface area (TPSA) is 101 Å². The van der Waals surface area contributed by atoms with Crippen LogP contribution in [0.3, 0.4) is 0 Å². The summed E-state index contributed by atoms with van der Waals surface area (Å²) in [6.07, 6.45) is 1.39. The van der Waals surface area contributed by atoms with Crippen LogP contribution in [0.2, 0.25) is 0 Å². The predicted molar refractivity (Wildman–Crippen MR) is 122 cm³/mol. The van der Waals surface area contributed by atoms with Crippen LogP contribution in [-0.2, 0) is 6.42 Å². The van der Waals surface area contributed by atoms with Gasteiger partial charge in [0.1, 0.15) is 17.2 Å². The van der Waals surface area contributed by atoms with Crippen LogP contribution in [0.1, 0.15) is 33.9 Å². The molecule has 0 aliphatic heterocycles. The number of benzene rings is 1. The molecule has 1 amide bonds. The zero-order valence-corrected chi connectivity index (χ0v) is 18.6. The minimum absolute atomic E-state index is 0.0760. The molecule has 0 aliphatic rings. The van der Waals surface area contributed by atoms with E-state index in [1.54, 1.807) is 13.0 Å². The third-order valence-corrected chi connectivity index (χ3v) is 6.31. The lowest BCUT2D eigenvalue weighted by Gasteiger charge is -2.13. The second kappa shape index (κ2) is 9.72. The van der Waals surface area contributed by atoms with Crippen molar-refractivity contribution in [3.63, 3.8) is 0 Å². The number of rotatable bonds is 6. The quantitative estimate of drug-likeness (QED) is 0.420. The Morgan fingerprint density at radius 3 is 2.79 bits per heavy atom. The van der Waals surface area contributed by atoms with Crippen LogP contribution in [0.15, 0.2) is 65.6 Å². The highest BCUT2D eigenvalue weighted by molar-refractivity contribution is 7.15. The molecule has 0 saturated carbocycles. The molecule has 3 aromatic heterocycles. The monoisotopic (exact) mass is 477 g/mol. The molecule has 0 saturated heterocycles. The van der Waals surface area contributed by atoms with Gasteiger partial charge in [-0.3, -0.25) is 9.59 Å². The van der Waals surface area contributed by atoms with Crippen molar-refractivity contribution in [1.29, 1.82) is 5.26 Å². The van der Waals surface area contributed by atoms with E-state index in [9.17, 15) is 18.4 Å². The van der Waals surface area contributed by atoms with Crippen molar-refractivity contribution in [1.82, 2.24) is 20.1 Å². The number of nitriles is 1. The second-order valence-electron chi connectivity index (χ2n) is 7.32. The fraction of sp³-hybridized carbons (Fsp3) is 0.125. The van der Waals surface area contributed by atoms with Crippen molar-refractivity contribution in [2.24, 2.45) is 0 Å². The maximum atomic E-state index is 14.0. The van der Waals surface area contributed by atoms with Crippen molar-refractivity contribution in [3.05, 3.63) is 99.0 Å². The van der Waals surface area contributed by atoms with Gasteiger partial charge in [-0.1, -0.05) is 6.07 Å². The molecule has 0 aliphatic carbocycles. The van der Waals surface area contributed by atoms with Crippen molar-refractivity contribution in [2.45, 2.75) is 19.4 Å². The maximum absolute atomic E-state index is 14.0. The summed E-state index contributed by atoms with van der Waals surface area (Å²) in [5.74, 6) is -1.85. The molecule has 34 heavy (non-hydrogen) atoms. The van der Waals surface area contributed by atoms with E-state index in [0.717, 1.165) is 20.5 Å². The van der Waals surface area contributed by atoms with Crippen LogP contribution in [0.4, 0.5) is 8.78 Å². The first-order chi connectivity index (χ1) is 16.4. The molecule has 170 valence electrons. The van der Waals surface area contributed by atoms with Gasteiger partial charge in [0.15, 0.2) is 0 Å². The predicted octanol–water partition coefficient (Wildman–Crippen LogP) is 4.19. The Kier molecular flexibility index (Phi) is 6.56. The van der Waals surface area contributed by atoms with Crippen LogP contribution >= 0.6 is 11.3 Å². The Bertz CT molecular complexity index is 1470. The Labute approximate surface area is 197 Å². The first-order valence-electron chi connectivity index (χ1n) is 10.1. The number of halogens is 2. The molecule has 4 aromatic rings. The highest BCUT2D eigenvalue weighted by atomic mass is 32.1. The van der Waals surface area contributed by atoms with Crippen LogP contribution in [-0.4, -0.2) is 20.7 Å².